The van der Waals surface area contributed by atoms with Gasteiger partial charge < -0.3 is 5.11 Å². The SMILES string of the molecule is Cn1ccc(-c2csnc2C(=O)O)n1. The molecule has 72 valence electrons. The molecule has 0 aromatic carbocycles. The summed E-state index contributed by atoms with van der Waals surface area (Å²) in [4.78, 5) is 10.8. The average molecular weight is 209 g/mol. The molecule has 0 amide bonds. The minimum Gasteiger partial charge on any atom is -0.476 e. The summed E-state index contributed by atoms with van der Waals surface area (Å²) < 4.78 is 5.42. The molecule has 0 bridgehead atoms. The van der Waals surface area contributed by atoms with Gasteiger partial charge in [-0.15, -0.1) is 0 Å². The first-order valence-electron chi connectivity index (χ1n) is 3.86. The molecule has 0 aliphatic heterocycles. The maximum absolute atomic E-state index is 10.8. The van der Waals surface area contributed by atoms with E-state index in [1.807, 2.05) is 0 Å². The third-order valence-corrected chi connectivity index (χ3v) is 2.39. The number of aryl methyl sites for hydroxylation is 1. The van der Waals surface area contributed by atoms with E-state index in [0.717, 1.165) is 11.5 Å². The molecule has 0 radical (unpaired) electrons. The highest BCUT2D eigenvalue weighted by Crippen LogP contribution is 2.22. The highest BCUT2D eigenvalue weighted by Gasteiger charge is 2.16. The van der Waals surface area contributed by atoms with Crippen molar-refractivity contribution in [2.75, 3.05) is 0 Å². The smallest absolute Gasteiger partial charge is 0.356 e. The maximum atomic E-state index is 10.8. The van der Waals surface area contributed by atoms with E-state index in [1.165, 1.54) is 0 Å². The molecule has 0 spiro atoms. The van der Waals surface area contributed by atoms with Crippen LogP contribution in [0.1, 0.15) is 10.5 Å². The van der Waals surface area contributed by atoms with E-state index in [2.05, 4.69) is 9.47 Å². The first-order chi connectivity index (χ1) is 6.68. The Balaban J connectivity index is 2.51. The lowest BCUT2D eigenvalue weighted by Crippen LogP contribution is -1.99. The Morgan fingerprint density at radius 2 is 2.43 bits per heavy atom. The Bertz CT molecular complexity index is 474. The van der Waals surface area contributed by atoms with Crippen LogP contribution in [-0.4, -0.2) is 25.2 Å². The molecular weight excluding hydrogens is 202 g/mol. The third-order valence-electron chi connectivity index (χ3n) is 1.76. The van der Waals surface area contributed by atoms with E-state index in [-0.39, 0.29) is 5.69 Å². The highest BCUT2D eigenvalue weighted by atomic mass is 32.1. The Kier molecular flexibility index (Phi) is 2.05. The summed E-state index contributed by atoms with van der Waals surface area (Å²) in [5.74, 6) is -1.02. The van der Waals surface area contributed by atoms with Crippen molar-refractivity contribution in [1.29, 1.82) is 0 Å². The minimum atomic E-state index is -1.02. The van der Waals surface area contributed by atoms with Gasteiger partial charge in [0, 0.05) is 24.2 Å². The summed E-state index contributed by atoms with van der Waals surface area (Å²) in [6.45, 7) is 0. The van der Waals surface area contributed by atoms with E-state index in [4.69, 9.17) is 5.11 Å². The number of carboxylic acid groups (broad SMARTS) is 1. The number of aromatic carboxylic acids is 1. The molecular formula is C8H7N3O2S. The van der Waals surface area contributed by atoms with Crippen LogP contribution in [0.25, 0.3) is 11.3 Å². The van der Waals surface area contributed by atoms with Gasteiger partial charge in [-0.05, 0) is 17.6 Å². The topological polar surface area (TPSA) is 68.0 Å². The second kappa shape index (κ2) is 3.22. The number of aromatic nitrogens is 3. The Labute approximate surface area is 83.8 Å². The number of carbonyl (C=O) groups is 1. The molecule has 0 fully saturated rings. The van der Waals surface area contributed by atoms with Gasteiger partial charge in [0.15, 0.2) is 5.69 Å². The summed E-state index contributed by atoms with van der Waals surface area (Å²) in [6.07, 6.45) is 1.76. The normalized spacial score (nSPS) is 10.4. The standard InChI is InChI=1S/C8H7N3O2S/c1-11-3-2-6(9-11)5-4-14-10-7(5)8(12)13/h2-4H,1H3,(H,12,13). The minimum absolute atomic E-state index is 0.0636. The van der Waals surface area contributed by atoms with Gasteiger partial charge in [0.1, 0.15) is 0 Å². The van der Waals surface area contributed by atoms with E-state index in [1.54, 1.807) is 29.4 Å². The van der Waals surface area contributed by atoms with Crippen molar-refractivity contribution in [3.05, 3.63) is 23.3 Å². The molecule has 0 unspecified atom stereocenters. The zero-order chi connectivity index (χ0) is 10.1. The van der Waals surface area contributed by atoms with Crippen LogP contribution < -0.4 is 0 Å². The second-order valence-corrected chi connectivity index (χ2v) is 3.39. The van der Waals surface area contributed by atoms with Crippen LogP contribution in [0.3, 0.4) is 0 Å². The fourth-order valence-corrected chi connectivity index (χ4v) is 1.80. The van der Waals surface area contributed by atoms with E-state index >= 15 is 0 Å². The summed E-state index contributed by atoms with van der Waals surface area (Å²) in [5.41, 5.74) is 1.27. The molecule has 2 rings (SSSR count). The maximum Gasteiger partial charge on any atom is 0.356 e. The van der Waals surface area contributed by atoms with Gasteiger partial charge in [-0.2, -0.15) is 9.47 Å². The molecule has 2 aromatic rings. The quantitative estimate of drug-likeness (QED) is 0.808. The largest absolute Gasteiger partial charge is 0.476 e. The van der Waals surface area contributed by atoms with E-state index in [0.29, 0.717) is 11.3 Å². The molecule has 0 saturated heterocycles. The lowest BCUT2D eigenvalue weighted by molar-refractivity contribution is 0.0692. The summed E-state index contributed by atoms with van der Waals surface area (Å²) >= 11 is 1.12. The zero-order valence-electron chi connectivity index (χ0n) is 7.34. The van der Waals surface area contributed by atoms with Crippen molar-refractivity contribution >= 4 is 17.5 Å². The summed E-state index contributed by atoms with van der Waals surface area (Å²) in [6, 6.07) is 1.76. The van der Waals surface area contributed by atoms with Gasteiger partial charge in [-0.25, -0.2) is 4.79 Å². The van der Waals surface area contributed by atoms with E-state index in [9.17, 15) is 4.79 Å². The number of carboxylic acids is 1. The van der Waals surface area contributed by atoms with Crippen LogP contribution in [0.15, 0.2) is 17.6 Å². The van der Waals surface area contributed by atoms with Gasteiger partial charge in [-0.3, -0.25) is 4.68 Å². The lowest BCUT2D eigenvalue weighted by atomic mass is 10.2. The van der Waals surface area contributed by atoms with Crippen LogP contribution >= 0.6 is 11.5 Å². The van der Waals surface area contributed by atoms with Crippen molar-refractivity contribution in [3.63, 3.8) is 0 Å². The number of hydrogen-bond acceptors (Lipinski definition) is 4. The third kappa shape index (κ3) is 1.39. The fraction of sp³-hybridized carbons (Fsp3) is 0.125. The van der Waals surface area contributed by atoms with Crippen LogP contribution in [-0.2, 0) is 7.05 Å². The molecule has 2 heterocycles. The van der Waals surface area contributed by atoms with Crippen LogP contribution in [0.5, 0.6) is 0 Å². The van der Waals surface area contributed by atoms with Crippen molar-refractivity contribution < 1.29 is 9.90 Å². The zero-order valence-corrected chi connectivity index (χ0v) is 8.15. The van der Waals surface area contributed by atoms with Crippen molar-refractivity contribution in [2.45, 2.75) is 0 Å². The predicted octanol–water partition coefficient (Wildman–Crippen LogP) is 1.24. The Morgan fingerprint density at radius 3 is 3.00 bits per heavy atom. The average Bonchev–Trinajstić information content (AvgIpc) is 2.70. The van der Waals surface area contributed by atoms with Gasteiger partial charge in [0.2, 0.25) is 0 Å². The molecule has 6 heteroatoms. The monoisotopic (exact) mass is 209 g/mol. The number of hydrogen-bond donors (Lipinski definition) is 1. The molecule has 2 aromatic heterocycles. The Morgan fingerprint density at radius 1 is 1.64 bits per heavy atom. The van der Waals surface area contributed by atoms with Gasteiger partial charge in [-0.1, -0.05) is 0 Å². The summed E-state index contributed by atoms with van der Waals surface area (Å²) in [7, 11) is 1.78. The molecule has 0 saturated carbocycles. The first-order valence-corrected chi connectivity index (χ1v) is 4.70. The number of rotatable bonds is 2. The first kappa shape index (κ1) is 8.89. The highest BCUT2D eigenvalue weighted by molar-refractivity contribution is 7.04. The van der Waals surface area contributed by atoms with Gasteiger partial charge in [0.05, 0.1) is 5.69 Å². The summed E-state index contributed by atoms with van der Waals surface area (Å²) in [5, 5.41) is 14.6. The van der Waals surface area contributed by atoms with Crippen molar-refractivity contribution in [3.8, 4) is 11.3 Å². The Hall–Kier alpha value is -1.69. The van der Waals surface area contributed by atoms with Crippen LogP contribution in [0.4, 0.5) is 0 Å². The van der Waals surface area contributed by atoms with E-state index < -0.39 is 5.97 Å². The number of nitrogens with zero attached hydrogens (tertiary/aromatic N) is 3. The molecule has 5 nitrogen and oxygen atoms in total. The van der Waals surface area contributed by atoms with Crippen LogP contribution in [0.2, 0.25) is 0 Å². The lowest BCUT2D eigenvalue weighted by Gasteiger charge is -1.92. The fourth-order valence-electron chi connectivity index (χ4n) is 1.13. The van der Waals surface area contributed by atoms with Gasteiger partial charge >= 0.3 is 5.97 Å². The molecule has 0 atom stereocenters. The second-order valence-electron chi connectivity index (χ2n) is 2.76. The van der Waals surface area contributed by atoms with Crippen LogP contribution in [0, 0.1) is 0 Å². The molecule has 14 heavy (non-hydrogen) atoms. The van der Waals surface area contributed by atoms with Crippen molar-refractivity contribution in [2.24, 2.45) is 7.05 Å². The molecule has 1 N–H and O–H groups in total. The predicted molar refractivity (Wildman–Crippen MR) is 51.3 cm³/mol. The van der Waals surface area contributed by atoms with Gasteiger partial charge in [0.25, 0.3) is 0 Å². The van der Waals surface area contributed by atoms with Crippen molar-refractivity contribution in [1.82, 2.24) is 14.2 Å². The molecule has 0 aliphatic carbocycles. The molecule has 0 aliphatic rings.